The number of fused-ring (bicyclic) bond motifs is 8. The van der Waals surface area contributed by atoms with Gasteiger partial charge in [0.25, 0.3) is 0 Å². The van der Waals surface area contributed by atoms with Gasteiger partial charge in [-0.3, -0.25) is 15.0 Å². The van der Waals surface area contributed by atoms with Crippen LogP contribution in [0.25, 0.3) is 11.0 Å². The Balaban J connectivity index is 1.30. The first-order chi connectivity index (χ1) is 31.3. The lowest BCUT2D eigenvalue weighted by molar-refractivity contribution is 1.23. The molecule has 8 heteroatoms. The van der Waals surface area contributed by atoms with Crippen molar-refractivity contribution in [3.05, 3.63) is 225 Å². The number of para-hydroxylation sites is 3. The van der Waals surface area contributed by atoms with E-state index in [1.54, 1.807) is 6.20 Å². The summed E-state index contributed by atoms with van der Waals surface area (Å²) in [5, 5.41) is 5.53. The van der Waals surface area contributed by atoms with Gasteiger partial charge >= 0.3 is 0 Å². The quantitative estimate of drug-likeness (QED) is 0.221. The Morgan fingerprint density at radius 2 is 1.02 bits per heavy atom. The molecule has 63 heavy (non-hydrogen) atoms. The third-order valence-corrected chi connectivity index (χ3v) is 18.5. The maximum atomic E-state index is 5.06. The Bertz CT molecular complexity index is 3350. The number of hydrogen-bond donors (Lipinski definition) is 0. The van der Waals surface area contributed by atoms with Gasteiger partial charge in [0.05, 0.1) is 23.1 Å². The van der Waals surface area contributed by atoms with Gasteiger partial charge < -0.3 is 9.80 Å². The van der Waals surface area contributed by atoms with Gasteiger partial charge in [-0.15, -0.1) is 0 Å². The standard InChI is InChI=1S/C55H37B2N5Si/c1-4-18-38(19-5-1)56-42-25-10-14-30-47(42)62(48-31-16-28-45-54(48)60-35-34-59-45)49-36-51-53-55(52(49)56)61(39-20-17-33-58-37-39)46-29-13-11-26-43(46)57(53)44-27-12-15-32-50(44)63(51,40-21-6-2-7-22-40)41-23-8-3-9-24-41/h1-37H. The molecule has 0 aliphatic carbocycles. The number of nitrogens with zero attached hydrogens (tertiary/aromatic N) is 5. The summed E-state index contributed by atoms with van der Waals surface area (Å²) in [4.78, 5) is 19.8. The normalized spacial score (nSPS) is 14.0. The van der Waals surface area contributed by atoms with Gasteiger partial charge in [0.15, 0.2) is 8.07 Å². The predicted octanol–water partition coefficient (Wildman–Crippen LogP) is 5.31. The van der Waals surface area contributed by atoms with Crippen molar-refractivity contribution in [2.45, 2.75) is 0 Å². The molecular formula is C55H37B2N5Si. The topological polar surface area (TPSA) is 45.2 Å². The van der Waals surface area contributed by atoms with E-state index in [1.807, 2.05) is 18.6 Å². The molecule has 0 atom stereocenters. The molecule has 0 N–H and O–H groups in total. The summed E-state index contributed by atoms with van der Waals surface area (Å²) >= 11 is 0. The fourth-order valence-electron chi connectivity index (χ4n) is 11.3. The van der Waals surface area contributed by atoms with Crippen LogP contribution in [-0.4, -0.2) is 36.5 Å². The van der Waals surface area contributed by atoms with Crippen LogP contribution in [0.1, 0.15) is 0 Å². The van der Waals surface area contributed by atoms with Crippen molar-refractivity contribution in [2.75, 3.05) is 9.80 Å². The van der Waals surface area contributed by atoms with Gasteiger partial charge in [-0.1, -0.05) is 169 Å². The Hall–Kier alpha value is -7.80. The van der Waals surface area contributed by atoms with Crippen LogP contribution >= 0.6 is 0 Å². The summed E-state index contributed by atoms with van der Waals surface area (Å²) in [5.41, 5.74) is 16.2. The minimum Gasteiger partial charge on any atom is -0.310 e. The number of pyridine rings is 1. The van der Waals surface area contributed by atoms with Crippen LogP contribution in [0.5, 0.6) is 0 Å². The Morgan fingerprint density at radius 3 is 1.73 bits per heavy atom. The largest absolute Gasteiger partial charge is 0.310 e. The van der Waals surface area contributed by atoms with Crippen molar-refractivity contribution in [1.29, 1.82) is 0 Å². The van der Waals surface area contributed by atoms with Crippen LogP contribution in [0, 0.1) is 0 Å². The average Bonchev–Trinajstić information content (AvgIpc) is 3.36. The van der Waals surface area contributed by atoms with E-state index in [4.69, 9.17) is 15.0 Å². The van der Waals surface area contributed by atoms with E-state index in [2.05, 4.69) is 210 Å². The van der Waals surface area contributed by atoms with Crippen molar-refractivity contribution in [1.82, 2.24) is 15.0 Å². The van der Waals surface area contributed by atoms with Crippen LogP contribution in [-0.2, 0) is 0 Å². The smallest absolute Gasteiger partial charge is 0.249 e. The van der Waals surface area contributed by atoms with E-state index in [1.165, 1.54) is 64.9 Å². The molecular weight excluding hydrogens is 780 g/mol. The number of aromatic nitrogens is 3. The highest BCUT2D eigenvalue weighted by Crippen LogP contribution is 2.43. The molecule has 5 nitrogen and oxygen atoms in total. The molecule has 2 aromatic heterocycles. The second-order valence-corrected chi connectivity index (χ2v) is 20.4. The maximum Gasteiger partial charge on any atom is 0.249 e. The maximum absolute atomic E-state index is 5.06. The van der Waals surface area contributed by atoms with Crippen LogP contribution < -0.4 is 63.3 Å². The van der Waals surface area contributed by atoms with E-state index >= 15 is 0 Å². The number of hydrogen-bond acceptors (Lipinski definition) is 5. The average molecular weight is 818 g/mol. The van der Waals surface area contributed by atoms with Crippen LogP contribution in [0.2, 0.25) is 0 Å². The third-order valence-electron chi connectivity index (χ3n) is 13.6. The Labute approximate surface area is 368 Å². The van der Waals surface area contributed by atoms with E-state index in [-0.39, 0.29) is 13.4 Å². The molecule has 0 saturated heterocycles. The lowest BCUT2D eigenvalue weighted by Crippen LogP contribution is -2.88. The predicted molar refractivity (Wildman–Crippen MR) is 266 cm³/mol. The van der Waals surface area contributed by atoms with E-state index < -0.39 is 8.07 Å². The molecule has 0 bridgehead atoms. The van der Waals surface area contributed by atoms with Crippen molar-refractivity contribution in [3.8, 4) is 0 Å². The van der Waals surface area contributed by atoms with E-state index in [9.17, 15) is 0 Å². The van der Waals surface area contributed by atoms with Crippen LogP contribution in [0.4, 0.5) is 34.1 Å². The van der Waals surface area contributed by atoms with Crippen LogP contribution in [0.3, 0.4) is 0 Å². The first-order valence-corrected chi connectivity index (χ1v) is 23.7. The van der Waals surface area contributed by atoms with Gasteiger partial charge in [0.2, 0.25) is 13.4 Å². The summed E-state index contributed by atoms with van der Waals surface area (Å²) < 4.78 is 0. The zero-order valence-electron chi connectivity index (χ0n) is 34.3. The molecule has 8 aromatic carbocycles. The second kappa shape index (κ2) is 14.1. The summed E-state index contributed by atoms with van der Waals surface area (Å²) in [6.45, 7) is -0.138. The minimum atomic E-state index is -3.12. The fourth-order valence-corrected chi connectivity index (χ4v) is 16.6. The second-order valence-electron chi connectivity index (χ2n) is 16.7. The van der Waals surface area contributed by atoms with Gasteiger partial charge in [-0.25, -0.2) is 0 Å². The molecule has 5 heterocycles. The highest BCUT2D eigenvalue weighted by atomic mass is 28.3. The molecule has 0 fully saturated rings. The molecule has 292 valence electrons. The molecule has 0 unspecified atom stereocenters. The van der Waals surface area contributed by atoms with Crippen LogP contribution in [0.15, 0.2) is 225 Å². The molecule has 0 radical (unpaired) electrons. The SMILES string of the molecule is c1ccc(B2c3ccccc3N(c3cccc4nccnc34)c3cc4c5c(c32)N(c2cccnc2)c2ccccc2B5c2ccccc2[Si]4(c2ccccc2)c2ccccc2)cc1. The van der Waals surface area contributed by atoms with Gasteiger partial charge in [0, 0.05) is 41.3 Å². The highest BCUT2D eigenvalue weighted by molar-refractivity contribution is 7.27. The zero-order chi connectivity index (χ0) is 41.5. The fraction of sp³-hybridized carbons (Fsp3) is 0. The molecule has 10 aromatic rings. The van der Waals surface area contributed by atoms with Gasteiger partial charge in [-0.05, 0) is 85.1 Å². The molecule has 0 spiro atoms. The number of anilines is 6. The molecule has 13 rings (SSSR count). The summed E-state index contributed by atoms with van der Waals surface area (Å²) in [5.74, 6) is 0. The van der Waals surface area contributed by atoms with Gasteiger partial charge in [-0.2, -0.15) is 0 Å². The van der Waals surface area contributed by atoms with E-state index in [0.717, 1.165) is 33.8 Å². The molecule has 0 amide bonds. The first kappa shape index (κ1) is 35.9. The van der Waals surface area contributed by atoms with Crippen molar-refractivity contribution in [2.24, 2.45) is 0 Å². The molecule has 0 saturated carbocycles. The summed E-state index contributed by atoms with van der Waals surface area (Å²) in [6, 6.07) is 74.6. The molecule has 3 aliphatic rings. The van der Waals surface area contributed by atoms with Crippen molar-refractivity contribution < 1.29 is 0 Å². The minimum absolute atomic E-state index is 0.0286. The number of benzene rings is 8. The van der Waals surface area contributed by atoms with E-state index in [0.29, 0.717) is 0 Å². The molecule has 3 aliphatic heterocycles. The summed E-state index contributed by atoms with van der Waals surface area (Å²) in [7, 11) is -3.12. The number of rotatable bonds is 5. The summed E-state index contributed by atoms with van der Waals surface area (Å²) in [6.07, 6.45) is 7.52. The Morgan fingerprint density at radius 1 is 0.413 bits per heavy atom. The Kier molecular flexibility index (Phi) is 8.05. The first-order valence-electron chi connectivity index (χ1n) is 21.7. The monoisotopic (exact) mass is 817 g/mol. The lowest BCUT2D eigenvalue weighted by atomic mass is 9.30. The highest BCUT2D eigenvalue weighted by Gasteiger charge is 2.55. The zero-order valence-corrected chi connectivity index (χ0v) is 35.3. The van der Waals surface area contributed by atoms with Crippen molar-refractivity contribution in [3.63, 3.8) is 0 Å². The van der Waals surface area contributed by atoms with Gasteiger partial charge in [0.1, 0.15) is 5.52 Å². The van der Waals surface area contributed by atoms with Crippen molar-refractivity contribution >= 4 is 120 Å². The third kappa shape index (κ3) is 5.10. The lowest BCUT2D eigenvalue weighted by Gasteiger charge is -2.50.